The molecule has 1 aromatic heterocycles. The minimum Gasteiger partial charge on any atom is -0.463 e. The summed E-state index contributed by atoms with van der Waals surface area (Å²) in [5.41, 5.74) is 0.817. The number of anilines is 1. The summed E-state index contributed by atoms with van der Waals surface area (Å²) in [5, 5.41) is 5.35. The smallest absolute Gasteiger partial charge is 0.338 e. The van der Waals surface area contributed by atoms with Crippen molar-refractivity contribution in [2.75, 3.05) is 44.2 Å². The molecule has 174 valence electrons. The Hall–Kier alpha value is -3.53. The number of nitrogens with one attached hydrogen (secondary N) is 2. The molecule has 0 aliphatic carbocycles. The van der Waals surface area contributed by atoms with Crippen molar-refractivity contribution in [1.29, 1.82) is 0 Å². The summed E-state index contributed by atoms with van der Waals surface area (Å²) in [7, 11) is 0. The highest BCUT2D eigenvalue weighted by molar-refractivity contribution is 5.95. The normalized spacial score (nSPS) is 19.2. The van der Waals surface area contributed by atoms with E-state index in [2.05, 4.69) is 25.4 Å². The average molecular weight is 457 g/mol. The van der Waals surface area contributed by atoms with Crippen LogP contribution in [0.5, 0.6) is 0 Å². The van der Waals surface area contributed by atoms with Crippen LogP contribution in [0.25, 0.3) is 0 Å². The van der Waals surface area contributed by atoms with Crippen molar-refractivity contribution in [2.24, 2.45) is 0 Å². The number of nitrogens with zero attached hydrogens (tertiary/aromatic N) is 3. The lowest BCUT2D eigenvalue weighted by molar-refractivity contribution is -0.139. The summed E-state index contributed by atoms with van der Waals surface area (Å²) in [6.45, 7) is 4.96. The summed E-state index contributed by atoms with van der Waals surface area (Å²) in [5.74, 6) is -1.79. The van der Waals surface area contributed by atoms with Crippen LogP contribution >= 0.6 is 0 Å². The van der Waals surface area contributed by atoms with Gasteiger partial charge in [0.15, 0.2) is 11.6 Å². The number of piperazine rings is 1. The van der Waals surface area contributed by atoms with Crippen LogP contribution in [0.2, 0.25) is 0 Å². The van der Waals surface area contributed by atoms with Gasteiger partial charge in [0, 0.05) is 44.6 Å². The molecule has 0 radical (unpaired) electrons. The number of benzene rings is 1. The molecule has 3 heterocycles. The predicted molar refractivity (Wildman–Crippen MR) is 117 cm³/mol. The number of carbonyl (C=O) groups is 2. The van der Waals surface area contributed by atoms with Crippen molar-refractivity contribution >= 4 is 17.8 Å². The maximum absolute atomic E-state index is 13.9. The second-order valence-electron chi connectivity index (χ2n) is 7.77. The van der Waals surface area contributed by atoms with E-state index in [0.29, 0.717) is 25.3 Å². The van der Waals surface area contributed by atoms with Crippen molar-refractivity contribution < 1.29 is 23.1 Å². The average Bonchev–Trinajstić information content (AvgIpc) is 2.81. The van der Waals surface area contributed by atoms with Crippen molar-refractivity contribution in [3.8, 4) is 0 Å². The summed E-state index contributed by atoms with van der Waals surface area (Å²) >= 11 is 0. The highest BCUT2D eigenvalue weighted by Gasteiger charge is 2.35. The molecular weight excluding hydrogens is 432 g/mol. The lowest BCUT2D eigenvalue weighted by Gasteiger charge is -2.37. The van der Waals surface area contributed by atoms with E-state index in [0.717, 1.165) is 31.0 Å². The Labute approximate surface area is 190 Å². The standard InChI is InChI=1S/C23H25F2N5O3/c1-2-33-22(31)20-18(14-29-9-11-30(12-10-29)19-5-3-4-8-26-19)27-23(32)28-21(20)15-6-7-16(24)17(25)13-15/h3-8,13,21H,2,9-12,14H2,1H3,(H2,27,28,32)/t21-/m1/s1. The van der Waals surface area contributed by atoms with Gasteiger partial charge in [-0.15, -0.1) is 0 Å². The fourth-order valence-corrected chi connectivity index (χ4v) is 4.03. The topological polar surface area (TPSA) is 86.8 Å². The minimum absolute atomic E-state index is 0.136. The van der Waals surface area contributed by atoms with E-state index in [9.17, 15) is 18.4 Å². The van der Waals surface area contributed by atoms with E-state index in [4.69, 9.17) is 4.74 Å². The van der Waals surface area contributed by atoms with Gasteiger partial charge in [0.2, 0.25) is 0 Å². The third-order valence-electron chi connectivity index (χ3n) is 5.65. The van der Waals surface area contributed by atoms with Crippen molar-refractivity contribution in [1.82, 2.24) is 20.5 Å². The number of esters is 1. The Balaban J connectivity index is 1.58. The molecule has 0 unspecified atom stereocenters. The van der Waals surface area contributed by atoms with E-state index >= 15 is 0 Å². The fourth-order valence-electron chi connectivity index (χ4n) is 4.03. The quantitative estimate of drug-likeness (QED) is 0.648. The van der Waals surface area contributed by atoms with E-state index in [1.807, 2.05) is 18.2 Å². The van der Waals surface area contributed by atoms with Gasteiger partial charge in [-0.25, -0.2) is 23.4 Å². The second kappa shape index (κ2) is 9.95. The van der Waals surface area contributed by atoms with Crippen molar-refractivity contribution in [3.63, 3.8) is 0 Å². The van der Waals surface area contributed by atoms with Crippen LogP contribution in [0.4, 0.5) is 19.4 Å². The van der Waals surface area contributed by atoms with Crippen LogP contribution in [-0.4, -0.2) is 61.2 Å². The summed E-state index contributed by atoms with van der Waals surface area (Å²) in [4.78, 5) is 33.9. The van der Waals surface area contributed by atoms with E-state index in [1.54, 1.807) is 13.1 Å². The summed E-state index contributed by atoms with van der Waals surface area (Å²) < 4.78 is 32.6. The first-order valence-corrected chi connectivity index (χ1v) is 10.8. The van der Waals surface area contributed by atoms with Crippen LogP contribution in [0.15, 0.2) is 53.9 Å². The van der Waals surface area contributed by atoms with Gasteiger partial charge in [0.1, 0.15) is 5.82 Å². The Kier molecular flexibility index (Phi) is 6.83. The number of hydrogen-bond acceptors (Lipinski definition) is 6. The van der Waals surface area contributed by atoms with Gasteiger partial charge in [-0.05, 0) is 36.8 Å². The van der Waals surface area contributed by atoms with Gasteiger partial charge >= 0.3 is 12.0 Å². The number of pyridine rings is 1. The molecule has 1 fully saturated rings. The predicted octanol–water partition coefficient (Wildman–Crippen LogP) is 2.35. The first-order valence-electron chi connectivity index (χ1n) is 10.8. The third-order valence-corrected chi connectivity index (χ3v) is 5.65. The van der Waals surface area contributed by atoms with Gasteiger partial charge in [0.05, 0.1) is 18.2 Å². The molecule has 0 saturated carbocycles. The monoisotopic (exact) mass is 457 g/mol. The number of urea groups is 1. The molecule has 8 nitrogen and oxygen atoms in total. The van der Waals surface area contributed by atoms with Gasteiger partial charge in [0.25, 0.3) is 0 Å². The third kappa shape index (κ3) is 5.11. The summed E-state index contributed by atoms with van der Waals surface area (Å²) in [6, 6.07) is 7.57. The molecule has 2 aliphatic heterocycles. The van der Waals surface area contributed by atoms with Gasteiger partial charge in [-0.1, -0.05) is 12.1 Å². The van der Waals surface area contributed by atoms with E-state index in [-0.39, 0.29) is 17.7 Å². The van der Waals surface area contributed by atoms with Gasteiger partial charge < -0.3 is 20.3 Å². The molecule has 2 aliphatic rings. The molecule has 2 N–H and O–H groups in total. The maximum atomic E-state index is 13.9. The molecule has 2 aromatic rings. The number of rotatable bonds is 6. The van der Waals surface area contributed by atoms with E-state index in [1.165, 1.54) is 6.07 Å². The minimum atomic E-state index is -1.06. The number of ether oxygens (including phenoxy) is 1. The number of halogens is 2. The zero-order valence-electron chi connectivity index (χ0n) is 18.2. The molecule has 10 heteroatoms. The van der Waals surface area contributed by atoms with Gasteiger partial charge in [-0.2, -0.15) is 0 Å². The molecule has 4 rings (SSSR count). The Morgan fingerprint density at radius 2 is 1.94 bits per heavy atom. The highest BCUT2D eigenvalue weighted by atomic mass is 19.2. The second-order valence-corrected chi connectivity index (χ2v) is 7.77. The fraction of sp³-hybridized carbons (Fsp3) is 0.348. The van der Waals surface area contributed by atoms with Crippen molar-refractivity contribution in [3.05, 3.63) is 71.1 Å². The Morgan fingerprint density at radius 1 is 1.15 bits per heavy atom. The lowest BCUT2D eigenvalue weighted by Crippen LogP contribution is -2.52. The van der Waals surface area contributed by atoms with Crippen LogP contribution in [-0.2, 0) is 9.53 Å². The zero-order chi connectivity index (χ0) is 23.4. The SMILES string of the molecule is CCOC(=O)C1=C(CN2CCN(c3ccccn3)CC2)NC(=O)N[C@@H]1c1ccc(F)c(F)c1. The molecule has 0 spiro atoms. The Bertz CT molecular complexity index is 1060. The molecule has 2 amide bonds. The first kappa shape index (κ1) is 22.7. The number of carbonyl (C=O) groups excluding carboxylic acids is 2. The highest BCUT2D eigenvalue weighted by Crippen LogP contribution is 2.29. The lowest BCUT2D eigenvalue weighted by atomic mass is 9.94. The van der Waals surface area contributed by atoms with Crippen LogP contribution in [0, 0.1) is 11.6 Å². The number of amides is 2. The maximum Gasteiger partial charge on any atom is 0.338 e. The first-order chi connectivity index (χ1) is 16.0. The van der Waals surface area contributed by atoms with E-state index < -0.39 is 29.7 Å². The van der Waals surface area contributed by atoms with Crippen LogP contribution in [0.1, 0.15) is 18.5 Å². The van der Waals surface area contributed by atoms with Crippen molar-refractivity contribution in [2.45, 2.75) is 13.0 Å². The molecule has 1 aromatic carbocycles. The van der Waals surface area contributed by atoms with Crippen LogP contribution < -0.4 is 15.5 Å². The largest absolute Gasteiger partial charge is 0.463 e. The molecule has 33 heavy (non-hydrogen) atoms. The van der Waals surface area contributed by atoms with Gasteiger partial charge in [-0.3, -0.25) is 4.90 Å². The molecular formula is C23H25F2N5O3. The zero-order valence-corrected chi connectivity index (χ0v) is 18.2. The Morgan fingerprint density at radius 3 is 2.61 bits per heavy atom. The number of aromatic nitrogens is 1. The molecule has 1 saturated heterocycles. The molecule has 1 atom stereocenters. The summed E-state index contributed by atoms with van der Waals surface area (Å²) in [6.07, 6.45) is 1.75. The van der Waals surface area contributed by atoms with Crippen LogP contribution in [0.3, 0.4) is 0 Å². The number of hydrogen-bond donors (Lipinski definition) is 2. The molecule has 0 bridgehead atoms.